The third-order valence-corrected chi connectivity index (χ3v) is 4.89. The van der Waals surface area contributed by atoms with Crippen LogP contribution in [-0.2, 0) is 4.74 Å². The quantitative estimate of drug-likeness (QED) is 0.686. The van der Waals surface area contributed by atoms with Gasteiger partial charge in [0.1, 0.15) is 5.69 Å². The largest absolute Gasteiger partial charge is 0.376 e. The van der Waals surface area contributed by atoms with Gasteiger partial charge in [0.05, 0.1) is 12.1 Å². The maximum Gasteiger partial charge on any atom is 0.319 e. The number of carbonyl (C=O) groups is 2. The van der Waals surface area contributed by atoms with Crippen molar-refractivity contribution in [3.05, 3.63) is 30.0 Å². The number of hydrogen-bond acceptors (Lipinski definition) is 3. The van der Waals surface area contributed by atoms with Crippen molar-refractivity contribution in [1.82, 2.24) is 15.6 Å². The molecule has 7 nitrogen and oxygen atoms in total. The first-order valence-corrected chi connectivity index (χ1v) is 8.68. The highest BCUT2D eigenvalue weighted by Gasteiger charge is 2.41. The Kier molecular flexibility index (Phi) is 4.09. The standard InChI is InChI=1S/C18H22N4O3/c1-19-17(23)15-9-11-8-12(4-5-13(11)21-15)20-18(24)22-14-6-7-25-16(14)10-2-3-10/h4-5,8-10,14,16,21H,2-3,6-7H2,1H3,(H,19,23)(H2,20,22,24)/t14-,16+/m1/s1. The normalized spacial score (nSPS) is 22.8. The van der Waals surface area contributed by atoms with Gasteiger partial charge >= 0.3 is 6.03 Å². The molecular formula is C18H22N4O3. The van der Waals surface area contributed by atoms with Crippen molar-refractivity contribution in [2.75, 3.05) is 19.0 Å². The first kappa shape index (κ1) is 16.0. The molecule has 1 aromatic heterocycles. The van der Waals surface area contributed by atoms with E-state index < -0.39 is 0 Å². The molecule has 0 unspecified atom stereocenters. The Morgan fingerprint density at radius 3 is 2.80 bits per heavy atom. The van der Waals surface area contributed by atoms with Gasteiger partial charge in [0.15, 0.2) is 0 Å². The number of rotatable bonds is 4. The lowest BCUT2D eigenvalue weighted by molar-refractivity contribution is 0.0829. The fourth-order valence-electron chi connectivity index (χ4n) is 3.46. The zero-order valence-corrected chi connectivity index (χ0v) is 14.1. The molecule has 1 saturated heterocycles. The number of fused-ring (bicyclic) bond motifs is 1. The Bertz CT molecular complexity index is 812. The molecule has 0 spiro atoms. The predicted molar refractivity (Wildman–Crippen MR) is 94.7 cm³/mol. The summed E-state index contributed by atoms with van der Waals surface area (Å²) in [5, 5.41) is 9.36. The lowest BCUT2D eigenvalue weighted by atomic mass is 10.1. The molecular weight excluding hydrogens is 320 g/mol. The van der Waals surface area contributed by atoms with Gasteiger partial charge in [-0.15, -0.1) is 0 Å². The van der Waals surface area contributed by atoms with E-state index in [2.05, 4.69) is 20.9 Å². The Balaban J connectivity index is 1.42. The second-order valence-corrected chi connectivity index (χ2v) is 6.73. The number of ether oxygens (including phenoxy) is 1. The van der Waals surface area contributed by atoms with Gasteiger partial charge in [0, 0.05) is 30.2 Å². The van der Waals surface area contributed by atoms with Crippen molar-refractivity contribution < 1.29 is 14.3 Å². The van der Waals surface area contributed by atoms with Crippen LogP contribution in [0.2, 0.25) is 0 Å². The van der Waals surface area contributed by atoms with E-state index >= 15 is 0 Å². The fraction of sp³-hybridized carbons (Fsp3) is 0.444. The highest BCUT2D eigenvalue weighted by atomic mass is 16.5. The third-order valence-electron chi connectivity index (χ3n) is 4.89. The van der Waals surface area contributed by atoms with E-state index in [-0.39, 0.29) is 24.1 Å². The van der Waals surface area contributed by atoms with Gasteiger partial charge in [-0.3, -0.25) is 4.79 Å². The maximum atomic E-state index is 12.3. The number of benzene rings is 1. The van der Waals surface area contributed by atoms with E-state index in [4.69, 9.17) is 4.74 Å². The number of aromatic nitrogens is 1. The molecule has 7 heteroatoms. The molecule has 1 aromatic carbocycles. The predicted octanol–water partition coefficient (Wildman–Crippen LogP) is 2.22. The van der Waals surface area contributed by atoms with Gasteiger partial charge in [-0.05, 0) is 49.4 Å². The molecule has 2 atom stereocenters. The van der Waals surface area contributed by atoms with E-state index in [1.807, 2.05) is 18.2 Å². The second-order valence-electron chi connectivity index (χ2n) is 6.73. The Morgan fingerprint density at radius 1 is 1.20 bits per heavy atom. The van der Waals surface area contributed by atoms with Crippen molar-refractivity contribution in [2.45, 2.75) is 31.4 Å². The highest BCUT2D eigenvalue weighted by molar-refractivity contribution is 5.99. The van der Waals surface area contributed by atoms with Crippen LogP contribution in [0.4, 0.5) is 10.5 Å². The summed E-state index contributed by atoms with van der Waals surface area (Å²) in [5.41, 5.74) is 2.03. The summed E-state index contributed by atoms with van der Waals surface area (Å²) < 4.78 is 5.75. The molecule has 3 amide bonds. The molecule has 2 aliphatic rings. The van der Waals surface area contributed by atoms with Gasteiger partial charge in [-0.2, -0.15) is 0 Å². The first-order chi connectivity index (χ1) is 12.1. The van der Waals surface area contributed by atoms with E-state index in [0.29, 0.717) is 23.9 Å². The number of H-pyrrole nitrogens is 1. The van der Waals surface area contributed by atoms with Crippen LogP contribution in [0.15, 0.2) is 24.3 Å². The summed E-state index contributed by atoms with van der Waals surface area (Å²) in [7, 11) is 1.59. The molecule has 132 valence electrons. The first-order valence-electron chi connectivity index (χ1n) is 8.68. The van der Waals surface area contributed by atoms with Crippen LogP contribution in [0.5, 0.6) is 0 Å². The third kappa shape index (κ3) is 3.32. The molecule has 4 rings (SSSR count). The molecule has 2 aromatic rings. The van der Waals surface area contributed by atoms with Crippen LogP contribution in [0, 0.1) is 5.92 Å². The number of carbonyl (C=O) groups excluding carboxylic acids is 2. The van der Waals surface area contributed by atoms with E-state index in [0.717, 1.165) is 17.3 Å². The van der Waals surface area contributed by atoms with Crippen LogP contribution < -0.4 is 16.0 Å². The van der Waals surface area contributed by atoms with Crippen molar-refractivity contribution in [3.63, 3.8) is 0 Å². The second kappa shape index (κ2) is 6.40. The van der Waals surface area contributed by atoms with Gasteiger partial charge in [-0.25, -0.2) is 4.79 Å². The zero-order chi connectivity index (χ0) is 17.4. The lowest BCUT2D eigenvalue weighted by Crippen LogP contribution is -2.43. The number of nitrogens with one attached hydrogen (secondary N) is 4. The minimum absolute atomic E-state index is 0.0864. The van der Waals surface area contributed by atoms with E-state index in [1.54, 1.807) is 13.1 Å². The van der Waals surface area contributed by atoms with Crippen LogP contribution >= 0.6 is 0 Å². The fourth-order valence-corrected chi connectivity index (χ4v) is 3.46. The molecule has 1 aliphatic carbocycles. The van der Waals surface area contributed by atoms with Gasteiger partial charge in [0.25, 0.3) is 5.91 Å². The SMILES string of the molecule is CNC(=O)c1cc2cc(NC(=O)N[C@@H]3CCO[C@H]3C3CC3)ccc2[nH]1. The number of aromatic amines is 1. The van der Waals surface area contributed by atoms with Gasteiger partial charge < -0.3 is 25.7 Å². The van der Waals surface area contributed by atoms with Crippen LogP contribution in [0.3, 0.4) is 0 Å². The molecule has 2 heterocycles. The van der Waals surface area contributed by atoms with Crippen molar-refractivity contribution >= 4 is 28.5 Å². The van der Waals surface area contributed by atoms with Crippen molar-refractivity contribution in [3.8, 4) is 0 Å². The van der Waals surface area contributed by atoms with Crippen molar-refractivity contribution in [2.24, 2.45) is 5.92 Å². The summed E-state index contributed by atoms with van der Waals surface area (Å²) in [6, 6.07) is 7.15. The summed E-state index contributed by atoms with van der Waals surface area (Å²) in [4.78, 5) is 27.1. The van der Waals surface area contributed by atoms with Crippen LogP contribution in [0.25, 0.3) is 10.9 Å². The Morgan fingerprint density at radius 2 is 2.04 bits per heavy atom. The van der Waals surface area contributed by atoms with E-state index in [9.17, 15) is 9.59 Å². The molecule has 2 fully saturated rings. The summed E-state index contributed by atoms with van der Waals surface area (Å²) in [6.45, 7) is 0.712. The number of urea groups is 1. The van der Waals surface area contributed by atoms with Crippen LogP contribution in [-0.4, -0.2) is 42.7 Å². The number of anilines is 1. The minimum Gasteiger partial charge on any atom is -0.376 e. The molecule has 0 bridgehead atoms. The van der Waals surface area contributed by atoms with Crippen molar-refractivity contribution in [1.29, 1.82) is 0 Å². The Labute approximate surface area is 145 Å². The average molecular weight is 342 g/mol. The lowest BCUT2D eigenvalue weighted by Gasteiger charge is -2.19. The monoisotopic (exact) mass is 342 g/mol. The number of amides is 3. The molecule has 1 aliphatic heterocycles. The summed E-state index contributed by atoms with van der Waals surface area (Å²) in [6.07, 6.45) is 3.42. The van der Waals surface area contributed by atoms with Crippen LogP contribution in [0.1, 0.15) is 29.8 Å². The molecule has 1 saturated carbocycles. The zero-order valence-electron chi connectivity index (χ0n) is 14.1. The minimum atomic E-state index is -0.220. The molecule has 25 heavy (non-hydrogen) atoms. The molecule has 0 radical (unpaired) electrons. The average Bonchev–Trinajstić information content (AvgIpc) is 3.19. The smallest absolute Gasteiger partial charge is 0.319 e. The topological polar surface area (TPSA) is 95.2 Å². The summed E-state index contributed by atoms with van der Waals surface area (Å²) in [5.74, 6) is 0.433. The van der Waals surface area contributed by atoms with Gasteiger partial charge in [0.2, 0.25) is 0 Å². The van der Waals surface area contributed by atoms with E-state index in [1.165, 1.54) is 12.8 Å². The summed E-state index contributed by atoms with van der Waals surface area (Å²) >= 11 is 0. The maximum absolute atomic E-state index is 12.3. The van der Waals surface area contributed by atoms with Gasteiger partial charge in [-0.1, -0.05) is 0 Å². The molecule has 4 N–H and O–H groups in total. The highest BCUT2D eigenvalue weighted by Crippen LogP contribution is 2.38. The number of hydrogen-bond donors (Lipinski definition) is 4. The Hall–Kier alpha value is -2.54.